The van der Waals surface area contributed by atoms with Gasteiger partial charge < -0.3 is 4.98 Å². The smallest absolute Gasteiger partial charge is 0.261 e. The van der Waals surface area contributed by atoms with Gasteiger partial charge in [-0.25, -0.2) is 22.2 Å². The molecule has 0 aliphatic rings. The maximum absolute atomic E-state index is 15.1. The number of benzene rings is 2. The molecule has 2 heterocycles. The van der Waals surface area contributed by atoms with E-state index in [0.29, 0.717) is 11.0 Å². The van der Waals surface area contributed by atoms with Gasteiger partial charge in [-0.05, 0) is 43.3 Å². The van der Waals surface area contributed by atoms with Crippen molar-refractivity contribution in [2.75, 3.05) is 4.72 Å². The van der Waals surface area contributed by atoms with E-state index in [2.05, 4.69) is 14.7 Å². The Labute approximate surface area is 178 Å². The van der Waals surface area contributed by atoms with E-state index in [1.54, 1.807) is 31.2 Å². The topological polar surface area (TPSA) is 91.9 Å². The Bertz CT molecular complexity index is 1380. The van der Waals surface area contributed by atoms with Gasteiger partial charge in [0.1, 0.15) is 11.5 Å². The van der Waals surface area contributed by atoms with E-state index in [0.717, 1.165) is 17.7 Å². The molecule has 2 aromatic heterocycles. The number of aryl methyl sites for hydroxylation is 1. The Hall–Kier alpha value is -3.59. The number of hydrogen-bond acceptors (Lipinski definition) is 4. The molecule has 6 nitrogen and oxygen atoms in total. The number of H-pyrrole nitrogens is 1. The molecule has 0 bridgehead atoms. The van der Waals surface area contributed by atoms with Crippen molar-refractivity contribution < 1.29 is 22.0 Å². The number of carbonyl (C=O) groups excluding carboxylic acids is 1. The van der Waals surface area contributed by atoms with Crippen molar-refractivity contribution in [2.45, 2.75) is 19.2 Å². The van der Waals surface area contributed by atoms with Crippen molar-refractivity contribution in [1.82, 2.24) is 9.97 Å². The number of carbonyl (C=O) groups is 1. The molecule has 9 heteroatoms. The fourth-order valence-electron chi connectivity index (χ4n) is 3.04. The summed E-state index contributed by atoms with van der Waals surface area (Å²) >= 11 is 0. The molecule has 2 N–H and O–H groups in total. The lowest BCUT2D eigenvalue weighted by Crippen LogP contribution is -2.16. The van der Waals surface area contributed by atoms with E-state index >= 15 is 4.39 Å². The van der Waals surface area contributed by atoms with Crippen LogP contribution in [-0.2, 0) is 10.0 Å². The fourth-order valence-corrected chi connectivity index (χ4v) is 4.10. The summed E-state index contributed by atoms with van der Waals surface area (Å²) in [5, 5.41) is 0.395. The van der Waals surface area contributed by atoms with Crippen LogP contribution in [0.1, 0.15) is 28.9 Å². The van der Waals surface area contributed by atoms with Crippen molar-refractivity contribution in [3.8, 4) is 0 Å². The molecule has 4 aromatic rings. The number of ketones is 1. The van der Waals surface area contributed by atoms with Gasteiger partial charge in [0.05, 0.1) is 16.1 Å². The first-order valence-electron chi connectivity index (χ1n) is 8.82. The number of fused-ring (bicyclic) bond motifs is 1. The van der Waals surface area contributed by atoms with Crippen molar-refractivity contribution in [2.24, 2.45) is 0 Å². The number of halogens is 2. The molecule has 0 fully saturated rings. The molecule has 0 saturated heterocycles. The summed E-state index contributed by atoms with van der Waals surface area (Å²) in [7, 11) is -4.14. The summed E-state index contributed by atoms with van der Waals surface area (Å²) in [5.41, 5.74) is -0.127. The average Bonchev–Trinajstić information content (AvgIpc) is 3.14. The van der Waals surface area contributed by atoms with Gasteiger partial charge in [-0.3, -0.25) is 9.52 Å². The van der Waals surface area contributed by atoms with Gasteiger partial charge in [-0.2, -0.15) is 0 Å². The number of anilines is 1. The zero-order valence-corrected chi connectivity index (χ0v) is 16.4. The average molecular weight is 443 g/mol. The van der Waals surface area contributed by atoms with E-state index in [-0.39, 0.29) is 17.9 Å². The number of aromatic nitrogens is 2. The monoisotopic (exact) mass is 443 g/mol. The zero-order chi connectivity index (χ0) is 21.5. The molecular weight excluding hydrogens is 424 g/mol. The first-order valence-corrected chi connectivity index (χ1v) is 10.3. The second-order valence-electron chi connectivity index (χ2n) is 6.63. The van der Waals surface area contributed by atoms with Gasteiger partial charge in [0.25, 0.3) is 10.0 Å². The van der Waals surface area contributed by atoms with Gasteiger partial charge in [-0.15, -0.1) is 0 Å². The Balaban J connectivity index is 0.00000272. The lowest BCUT2D eigenvalue weighted by molar-refractivity contribution is 0.103. The summed E-state index contributed by atoms with van der Waals surface area (Å²) in [6.45, 7) is 1.79. The normalized spacial score (nSPS) is 11.2. The van der Waals surface area contributed by atoms with Crippen molar-refractivity contribution >= 4 is 32.5 Å². The van der Waals surface area contributed by atoms with Crippen molar-refractivity contribution in [1.29, 1.82) is 0 Å². The molecule has 0 atom stereocenters. The Kier molecular flexibility index (Phi) is 5.90. The second-order valence-corrected chi connectivity index (χ2v) is 8.32. The van der Waals surface area contributed by atoms with Crippen LogP contribution in [0.5, 0.6) is 0 Å². The summed E-state index contributed by atoms with van der Waals surface area (Å²) in [6, 6.07) is 10.9. The maximum atomic E-state index is 15.1. The lowest BCUT2D eigenvalue weighted by atomic mass is 10.0. The number of pyridine rings is 1. The Morgan fingerprint density at radius 2 is 1.77 bits per heavy atom. The Morgan fingerprint density at radius 1 is 1.06 bits per heavy atom. The maximum Gasteiger partial charge on any atom is 0.261 e. The first kappa shape index (κ1) is 22.1. The second kappa shape index (κ2) is 8.27. The third-order valence-corrected chi connectivity index (χ3v) is 5.97. The predicted octanol–water partition coefficient (Wildman–Crippen LogP) is 4.82. The van der Waals surface area contributed by atoms with Crippen LogP contribution >= 0.6 is 0 Å². The van der Waals surface area contributed by atoms with Gasteiger partial charge in [-0.1, -0.05) is 25.1 Å². The third kappa shape index (κ3) is 4.04. The minimum Gasteiger partial charge on any atom is -0.345 e. The highest BCUT2D eigenvalue weighted by Gasteiger charge is 2.26. The van der Waals surface area contributed by atoms with Gasteiger partial charge in [0, 0.05) is 23.3 Å². The van der Waals surface area contributed by atoms with Crippen molar-refractivity contribution in [3.05, 3.63) is 89.2 Å². The van der Waals surface area contributed by atoms with Crippen LogP contribution < -0.4 is 4.72 Å². The molecule has 4 rings (SSSR count). The SMILES string of the molecule is C.Cc1ccc(S(=O)(=O)Nc2ccc(F)c(C(=O)c3c[nH]c4ncccc34)c2F)cc1. The minimum atomic E-state index is -4.14. The lowest BCUT2D eigenvalue weighted by Gasteiger charge is -2.12. The molecule has 31 heavy (non-hydrogen) atoms. The van der Waals surface area contributed by atoms with E-state index in [1.165, 1.54) is 24.5 Å². The van der Waals surface area contributed by atoms with Crippen LogP contribution in [0.4, 0.5) is 14.5 Å². The molecular formula is C22H19F2N3O3S. The number of hydrogen-bond donors (Lipinski definition) is 2. The Morgan fingerprint density at radius 3 is 2.48 bits per heavy atom. The highest BCUT2D eigenvalue weighted by Crippen LogP contribution is 2.28. The number of nitrogens with zero attached hydrogens (tertiary/aromatic N) is 1. The molecule has 0 spiro atoms. The molecule has 0 radical (unpaired) electrons. The molecule has 0 unspecified atom stereocenters. The van der Waals surface area contributed by atoms with Gasteiger partial charge >= 0.3 is 0 Å². The molecule has 2 aromatic carbocycles. The summed E-state index contributed by atoms with van der Waals surface area (Å²) in [4.78, 5) is 19.6. The summed E-state index contributed by atoms with van der Waals surface area (Å²) in [5.74, 6) is -3.33. The van der Waals surface area contributed by atoms with Gasteiger partial charge in [0.2, 0.25) is 5.78 Å². The summed E-state index contributed by atoms with van der Waals surface area (Å²) < 4.78 is 56.7. The third-order valence-electron chi connectivity index (χ3n) is 4.59. The van der Waals surface area contributed by atoms with E-state index in [4.69, 9.17) is 0 Å². The first-order chi connectivity index (χ1) is 14.3. The van der Waals surface area contributed by atoms with Crippen LogP contribution in [0.15, 0.2) is 65.8 Å². The minimum absolute atomic E-state index is 0. The molecule has 0 amide bonds. The highest BCUT2D eigenvalue weighted by molar-refractivity contribution is 7.92. The van der Waals surface area contributed by atoms with Crippen LogP contribution in [0.3, 0.4) is 0 Å². The summed E-state index contributed by atoms with van der Waals surface area (Å²) in [6.07, 6.45) is 2.82. The van der Waals surface area contributed by atoms with E-state index in [1.807, 2.05) is 0 Å². The number of aromatic amines is 1. The van der Waals surface area contributed by atoms with E-state index < -0.39 is 38.7 Å². The van der Waals surface area contributed by atoms with Crippen LogP contribution in [0.2, 0.25) is 0 Å². The van der Waals surface area contributed by atoms with Crippen molar-refractivity contribution in [3.63, 3.8) is 0 Å². The molecule has 0 saturated carbocycles. The number of sulfonamides is 1. The number of rotatable bonds is 5. The molecule has 160 valence electrons. The largest absolute Gasteiger partial charge is 0.345 e. The highest BCUT2D eigenvalue weighted by atomic mass is 32.2. The zero-order valence-electron chi connectivity index (χ0n) is 15.6. The van der Waals surface area contributed by atoms with Crippen LogP contribution in [-0.4, -0.2) is 24.2 Å². The quantitative estimate of drug-likeness (QED) is 0.433. The van der Waals surface area contributed by atoms with Crippen LogP contribution in [0.25, 0.3) is 11.0 Å². The molecule has 0 aliphatic carbocycles. The molecule has 0 aliphatic heterocycles. The standard InChI is InChI=1S/C21H15F2N3O3S.CH4/c1-12-4-6-13(7-5-12)30(28,29)26-17-9-8-16(22)18(19(17)23)20(27)15-11-25-21-14(15)3-2-10-24-21;/h2-11,26H,1H3,(H,24,25);1H4. The van der Waals surface area contributed by atoms with Gasteiger partial charge in [0.15, 0.2) is 5.82 Å². The van der Waals surface area contributed by atoms with E-state index in [9.17, 15) is 17.6 Å². The number of nitrogens with one attached hydrogen (secondary N) is 2. The fraction of sp³-hybridized carbons (Fsp3) is 0.0909. The predicted molar refractivity (Wildman–Crippen MR) is 115 cm³/mol. The van der Waals surface area contributed by atoms with Crippen LogP contribution in [0, 0.1) is 18.6 Å².